The molecule has 0 N–H and O–H groups in total. The first-order chi connectivity index (χ1) is 4.72. The molecule has 1 nitrogen and oxygen atoms in total. The molecule has 0 atom stereocenters. The largest absolute Gasteiger partial charge is 0.225 e. The number of hydrogen-bond donors (Lipinski definition) is 0. The lowest BCUT2D eigenvalue weighted by Gasteiger charge is -1.96. The summed E-state index contributed by atoms with van der Waals surface area (Å²) in [4.78, 5) is 3.62. The van der Waals surface area contributed by atoms with Crippen molar-refractivity contribution in [2.24, 2.45) is 0 Å². The van der Waals surface area contributed by atoms with Crippen LogP contribution >= 0.6 is 0 Å². The lowest BCUT2D eigenvalue weighted by atomic mass is 10.2. The van der Waals surface area contributed by atoms with E-state index in [-0.39, 0.29) is 5.95 Å². The molecule has 0 amide bonds. The van der Waals surface area contributed by atoms with Gasteiger partial charge in [0.25, 0.3) is 0 Å². The van der Waals surface area contributed by atoms with Crippen molar-refractivity contribution in [3.63, 3.8) is 0 Å². The molecule has 0 saturated carbocycles. The average Bonchev–Trinajstić information content (AvgIpc) is 1.85. The van der Waals surface area contributed by atoms with Crippen LogP contribution in [0.25, 0.3) is 0 Å². The summed E-state index contributed by atoms with van der Waals surface area (Å²) in [7, 11) is 0. The molecule has 0 unspecified atom stereocenters. The van der Waals surface area contributed by atoms with E-state index in [1.54, 1.807) is 6.92 Å². The average molecular weight is 139 g/mol. The molecule has 0 bridgehead atoms. The number of pyridine rings is 1. The summed E-state index contributed by atoms with van der Waals surface area (Å²) >= 11 is 0. The third-order valence-corrected chi connectivity index (χ3v) is 1.39. The summed E-state index contributed by atoms with van der Waals surface area (Å²) in [5.74, 6) is -0.378. The lowest BCUT2D eigenvalue weighted by molar-refractivity contribution is 0.577. The molecule has 0 aliphatic heterocycles. The number of aromatic nitrogens is 1. The van der Waals surface area contributed by atoms with E-state index in [9.17, 15) is 4.39 Å². The maximum atomic E-state index is 12.5. The van der Waals surface area contributed by atoms with Crippen LogP contribution in [0.1, 0.15) is 18.2 Å². The Morgan fingerprint density at radius 3 is 2.70 bits per heavy atom. The zero-order valence-corrected chi connectivity index (χ0v) is 6.19. The number of hydrogen-bond acceptors (Lipinski definition) is 1. The van der Waals surface area contributed by atoms with E-state index in [1.165, 1.54) is 6.07 Å². The number of aryl methyl sites for hydroxylation is 2. The summed E-state index contributed by atoms with van der Waals surface area (Å²) in [6.07, 6.45) is 0.861. The molecule has 1 rings (SSSR count). The highest BCUT2D eigenvalue weighted by atomic mass is 19.1. The van der Waals surface area contributed by atoms with Gasteiger partial charge in [-0.25, -0.2) is 4.98 Å². The quantitative estimate of drug-likeness (QED) is 0.543. The molecular formula is C8H10FN. The predicted octanol–water partition coefficient (Wildman–Crippen LogP) is 2.09. The van der Waals surface area contributed by atoms with Crippen molar-refractivity contribution >= 4 is 0 Å². The molecule has 1 aromatic rings. The van der Waals surface area contributed by atoms with Gasteiger partial charge >= 0.3 is 0 Å². The van der Waals surface area contributed by atoms with Crippen molar-refractivity contribution in [1.29, 1.82) is 0 Å². The van der Waals surface area contributed by atoms with Crippen LogP contribution < -0.4 is 0 Å². The van der Waals surface area contributed by atoms with Gasteiger partial charge in [-0.05, 0) is 31.0 Å². The summed E-state index contributed by atoms with van der Waals surface area (Å²) in [5.41, 5.74) is 1.75. The van der Waals surface area contributed by atoms with E-state index in [0.717, 1.165) is 17.7 Å². The molecule has 0 aliphatic rings. The maximum absolute atomic E-state index is 12.5. The van der Waals surface area contributed by atoms with E-state index >= 15 is 0 Å². The Morgan fingerprint density at radius 1 is 1.50 bits per heavy atom. The minimum absolute atomic E-state index is 0.378. The van der Waals surface area contributed by atoms with Gasteiger partial charge in [0.1, 0.15) is 0 Å². The summed E-state index contributed by atoms with van der Waals surface area (Å²) in [5, 5.41) is 0. The second kappa shape index (κ2) is 2.78. The molecule has 1 heterocycles. The van der Waals surface area contributed by atoms with Gasteiger partial charge < -0.3 is 0 Å². The molecule has 0 aromatic carbocycles. The van der Waals surface area contributed by atoms with Gasteiger partial charge in [-0.15, -0.1) is 0 Å². The van der Waals surface area contributed by atoms with E-state index < -0.39 is 0 Å². The molecule has 0 spiro atoms. The molecule has 0 fully saturated rings. The van der Waals surface area contributed by atoms with Crippen LogP contribution in [-0.2, 0) is 6.42 Å². The van der Waals surface area contributed by atoms with Crippen LogP contribution in [-0.4, -0.2) is 4.98 Å². The van der Waals surface area contributed by atoms with Gasteiger partial charge in [-0.1, -0.05) is 6.92 Å². The topological polar surface area (TPSA) is 12.9 Å². The SMILES string of the molecule is CCc1cc(C)nc(F)c1. The van der Waals surface area contributed by atoms with Crippen LogP contribution in [0.5, 0.6) is 0 Å². The summed E-state index contributed by atoms with van der Waals surface area (Å²) < 4.78 is 12.5. The second-order valence-electron chi connectivity index (χ2n) is 2.29. The van der Waals surface area contributed by atoms with Crippen LogP contribution in [0.4, 0.5) is 4.39 Å². The Balaban J connectivity index is 3.06. The molecule has 0 saturated heterocycles. The van der Waals surface area contributed by atoms with Crippen molar-refractivity contribution in [1.82, 2.24) is 4.98 Å². The van der Waals surface area contributed by atoms with Gasteiger partial charge in [-0.3, -0.25) is 0 Å². The second-order valence-corrected chi connectivity index (χ2v) is 2.29. The zero-order chi connectivity index (χ0) is 7.56. The molecule has 1 aromatic heterocycles. The van der Waals surface area contributed by atoms with E-state index in [4.69, 9.17) is 0 Å². The number of rotatable bonds is 1. The van der Waals surface area contributed by atoms with Gasteiger partial charge in [0.05, 0.1) is 0 Å². The highest BCUT2D eigenvalue weighted by molar-refractivity contribution is 5.15. The Hall–Kier alpha value is -0.920. The van der Waals surface area contributed by atoms with E-state index in [0.29, 0.717) is 0 Å². The monoisotopic (exact) mass is 139 g/mol. The third-order valence-electron chi connectivity index (χ3n) is 1.39. The van der Waals surface area contributed by atoms with Gasteiger partial charge in [0.15, 0.2) is 0 Å². The van der Waals surface area contributed by atoms with Crippen molar-refractivity contribution in [2.75, 3.05) is 0 Å². The molecule has 0 radical (unpaired) electrons. The van der Waals surface area contributed by atoms with Crippen molar-refractivity contribution in [3.8, 4) is 0 Å². The fraction of sp³-hybridized carbons (Fsp3) is 0.375. The Bertz CT molecular complexity index is 212. The van der Waals surface area contributed by atoms with Crippen LogP contribution in [0.2, 0.25) is 0 Å². The van der Waals surface area contributed by atoms with Crippen LogP contribution in [0.15, 0.2) is 12.1 Å². The standard InChI is InChI=1S/C8H10FN/c1-3-7-4-6(2)10-8(9)5-7/h4-5H,3H2,1-2H3. The fourth-order valence-electron chi connectivity index (χ4n) is 0.900. The molecule has 0 aliphatic carbocycles. The molecular weight excluding hydrogens is 129 g/mol. The third kappa shape index (κ3) is 1.53. The van der Waals surface area contributed by atoms with Gasteiger partial charge in [-0.2, -0.15) is 4.39 Å². The molecule has 2 heteroatoms. The van der Waals surface area contributed by atoms with Crippen LogP contribution in [0.3, 0.4) is 0 Å². The van der Waals surface area contributed by atoms with Crippen molar-refractivity contribution in [3.05, 3.63) is 29.3 Å². The maximum Gasteiger partial charge on any atom is 0.213 e. The van der Waals surface area contributed by atoms with Crippen LogP contribution in [0, 0.1) is 12.9 Å². The minimum atomic E-state index is -0.378. The van der Waals surface area contributed by atoms with Gasteiger partial charge in [0.2, 0.25) is 5.95 Å². The first-order valence-corrected chi connectivity index (χ1v) is 3.35. The first kappa shape index (κ1) is 7.19. The highest BCUT2D eigenvalue weighted by Crippen LogP contribution is 2.04. The fourth-order valence-corrected chi connectivity index (χ4v) is 0.900. The summed E-state index contributed by atoms with van der Waals surface area (Å²) in [6.45, 7) is 3.79. The smallest absolute Gasteiger partial charge is 0.213 e. The Kier molecular flexibility index (Phi) is 2.00. The number of halogens is 1. The predicted molar refractivity (Wildman–Crippen MR) is 38.3 cm³/mol. The Labute approximate surface area is 59.9 Å². The molecule has 10 heavy (non-hydrogen) atoms. The van der Waals surface area contributed by atoms with Crippen molar-refractivity contribution < 1.29 is 4.39 Å². The minimum Gasteiger partial charge on any atom is -0.225 e. The number of nitrogens with zero attached hydrogens (tertiary/aromatic N) is 1. The van der Waals surface area contributed by atoms with E-state index in [2.05, 4.69) is 4.98 Å². The zero-order valence-electron chi connectivity index (χ0n) is 6.19. The van der Waals surface area contributed by atoms with Crippen molar-refractivity contribution in [2.45, 2.75) is 20.3 Å². The Morgan fingerprint density at radius 2 is 2.20 bits per heavy atom. The van der Waals surface area contributed by atoms with Gasteiger partial charge in [0, 0.05) is 5.69 Å². The van der Waals surface area contributed by atoms with E-state index in [1.807, 2.05) is 13.0 Å². The summed E-state index contributed by atoms with van der Waals surface area (Å²) in [6, 6.07) is 3.36. The molecule has 54 valence electrons. The normalized spacial score (nSPS) is 9.90. The lowest BCUT2D eigenvalue weighted by Crippen LogP contribution is -1.90. The first-order valence-electron chi connectivity index (χ1n) is 3.35. The highest BCUT2D eigenvalue weighted by Gasteiger charge is 1.95.